The van der Waals surface area contributed by atoms with Crippen molar-refractivity contribution in [1.82, 2.24) is 4.90 Å². The Hall–Kier alpha value is -2.81. The maximum Gasteiger partial charge on any atom is 0.166 e. The molecule has 1 saturated heterocycles. The summed E-state index contributed by atoms with van der Waals surface area (Å²) in [7, 11) is 4.03. The van der Waals surface area contributed by atoms with E-state index in [0.29, 0.717) is 24.5 Å². The van der Waals surface area contributed by atoms with E-state index in [2.05, 4.69) is 54.4 Å². The van der Waals surface area contributed by atoms with Gasteiger partial charge in [-0.05, 0) is 48.9 Å². The van der Waals surface area contributed by atoms with Crippen LogP contribution in [0.2, 0.25) is 0 Å². The highest BCUT2D eigenvalue weighted by atomic mass is 16.6. The van der Waals surface area contributed by atoms with Crippen molar-refractivity contribution in [3.8, 4) is 17.6 Å². The van der Waals surface area contributed by atoms with Gasteiger partial charge in [-0.2, -0.15) is 5.26 Å². The minimum atomic E-state index is -0.728. The standard InChI is InChI=1S/C29H28N2O3/c1-31-15-21-20-12-18-8-9-22(33-16-17-6-4-3-5-7-17)24-23(18)29(21)26(34-24)28(32-2)11-10-27(29,25(20)31)13-19(28)14-30/h3-11,19-21,25-26H,12-13,15-16H2,1-2H3/t19-,20?,21?,25+,26-,27+,28+,29-/m0/s1. The molecule has 3 fully saturated rings. The minimum absolute atomic E-state index is 0.102. The number of hydrogen-bond acceptors (Lipinski definition) is 5. The fourth-order valence-electron chi connectivity index (χ4n) is 9.52. The van der Waals surface area contributed by atoms with E-state index in [4.69, 9.17) is 14.2 Å². The van der Waals surface area contributed by atoms with Gasteiger partial charge >= 0.3 is 0 Å². The molecule has 2 unspecified atom stereocenters. The third kappa shape index (κ3) is 1.81. The molecule has 2 aromatic rings. The second-order valence-electron chi connectivity index (χ2n) is 11.2. The Labute approximate surface area is 199 Å². The van der Waals surface area contributed by atoms with Gasteiger partial charge in [0, 0.05) is 30.7 Å². The van der Waals surface area contributed by atoms with Crippen molar-refractivity contribution in [3.05, 3.63) is 71.3 Å². The Morgan fingerprint density at radius 1 is 1.18 bits per heavy atom. The topological polar surface area (TPSA) is 54.7 Å². The number of rotatable bonds is 4. The van der Waals surface area contributed by atoms with Crippen molar-refractivity contribution in [2.24, 2.45) is 23.2 Å². The number of hydrogen-bond donors (Lipinski definition) is 0. The molecule has 8 atom stereocenters. The molecule has 7 aliphatic rings. The largest absolute Gasteiger partial charge is 0.485 e. The first-order chi connectivity index (χ1) is 16.6. The average Bonchev–Trinajstić information content (AvgIpc) is 3.46. The zero-order valence-electron chi connectivity index (χ0n) is 19.5. The molecule has 5 aliphatic carbocycles. The van der Waals surface area contributed by atoms with Crippen molar-refractivity contribution in [3.63, 3.8) is 0 Å². The summed E-state index contributed by atoms with van der Waals surface area (Å²) in [6.45, 7) is 1.58. The lowest BCUT2D eigenvalue weighted by Gasteiger charge is -2.65. The van der Waals surface area contributed by atoms with E-state index in [9.17, 15) is 5.26 Å². The summed E-state index contributed by atoms with van der Waals surface area (Å²) in [5.41, 5.74) is 2.93. The van der Waals surface area contributed by atoms with E-state index in [1.807, 2.05) is 18.2 Å². The van der Waals surface area contributed by atoms with Gasteiger partial charge in [0.1, 0.15) is 18.3 Å². The SMILES string of the molecule is CO[C@]12C=C[C@@]3(C[C@H]1C#N)[C@H]1C4Cc5ccc(OCc6ccccc6)c6c5[C@@]3(C4CN1C)[C@H]2O6. The molecule has 5 heteroatoms. The summed E-state index contributed by atoms with van der Waals surface area (Å²) in [5.74, 6) is 2.58. The summed E-state index contributed by atoms with van der Waals surface area (Å²) in [4.78, 5) is 2.57. The molecule has 0 aromatic heterocycles. The van der Waals surface area contributed by atoms with Gasteiger partial charge in [0.15, 0.2) is 11.5 Å². The zero-order valence-corrected chi connectivity index (χ0v) is 19.5. The van der Waals surface area contributed by atoms with Crippen molar-refractivity contribution in [2.75, 3.05) is 20.7 Å². The third-order valence-corrected chi connectivity index (χ3v) is 10.4. The number of ether oxygens (including phenoxy) is 3. The van der Waals surface area contributed by atoms with Crippen molar-refractivity contribution in [2.45, 2.75) is 42.6 Å². The number of fused-ring (bicyclic) bond motifs is 1. The van der Waals surface area contributed by atoms with Gasteiger partial charge in [0.25, 0.3) is 0 Å². The summed E-state index contributed by atoms with van der Waals surface area (Å²) in [6, 6.07) is 17.7. The maximum atomic E-state index is 10.3. The Morgan fingerprint density at radius 3 is 2.82 bits per heavy atom. The summed E-state index contributed by atoms with van der Waals surface area (Å²) >= 11 is 0. The Bertz CT molecular complexity index is 1300. The molecule has 2 heterocycles. The summed E-state index contributed by atoms with van der Waals surface area (Å²) in [6.07, 6.45) is 6.35. The molecular weight excluding hydrogens is 424 g/mol. The summed E-state index contributed by atoms with van der Waals surface area (Å²) in [5, 5.41) is 10.3. The van der Waals surface area contributed by atoms with Crippen LogP contribution in [0.25, 0.3) is 0 Å². The monoisotopic (exact) mass is 452 g/mol. The Morgan fingerprint density at radius 2 is 2.03 bits per heavy atom. The molecule has 34 heavy (non-hydrogen) atoms. The average molecular weight is 453 g/mol. The van der Waals surface area contributed by atoms with Crippen molar-refractivity contribution >= 4 is 0 Å². The van der Waals surface area contributed by atoms with E-state index < -0.39 is 5.60 Å². The van der Waals surface area contributed by atoms with Crippen molar-refractivity contribution in [1.29, 1.82) is 5.26 Å². The molecule has 2 aromatic carbocycles. The third-order valence-electron chi connectivity index (χ3n) is 10.4. The van der Waals surface area contributed by atoms with Gasteiger partial charge in [-0.1, -0.05) is 48.6 Å². The molecule has 0 N–H and O–H groups in total. The number of nitriles is 1. The van der Waals surface area contributed by atoms with Crippen LogP contribution in [0.5, 0.6) is 11.5 Å². The molecule has 9 rings (SSSR count). The van der Waals surface area contributed by atoms with Crippen LogP contribution in [0, 0.1) is 34.5 Å². The highest BCUT2D eigenvalue weighted by Gasteiger charge is 2.86. The molecule has 2 saturated carbocycles. The number of piperidine rings is 1. The zero-order chi connectivity index (χ0) is 22.9. The highest BCUT2D eigenvalue weighted by molar-refractivity contribution is 5.67. The van der Waals surface area contributed by atoms with E-state index in [1.165, 1.54) is 11.1 Å². The molecule has 2 aliphatic heterocycles. The van der Waals surface area contributed by atoms with E-state index in [1.54, 1.807) is 7.11 Å². The molecule has 6 bridgehead atoms. The maximum absolute atomic E-state index is 10.3. The number of benzene rings is 2. The van der Waals surface area contributed by atoms with E-state index in [-0.39, 0.29) is 22.9 Å². The first-order valence-corrected chi connectivity index (χ1v) is 12.5. The first-order valence-electron chi connectivity index (χ1n) is 12.5. The van der Waals surface area contributed by atoms with Gasteiger partial charge in [-0.15, -0.1) is 0 Å². The fourth-order valence-corrected chi connectivity index (χ4v) is 9.52. The van der Waals surface area contributed by atoms with Crippen LogP contribution < -0.4 is 9.47 Å². The van der Waals surface area contributed by atoms with Gasteiger partial charge < -0.3 is 19.1 Å². The number of nitrogens with zero attached hydrogens (tertiary/aromatic N) is 2. The van der Waals surface area contributed by atoms with E-state index in [0.717, 1.165) is 36.4 Å². The lowest BCUT2D eigenvalue weighted by molar-refractivity contribution is -0.188. The molecular formula is C29H28N2O3. The molecule has 172 valence electrons. The van der Waals surface area contributed by atoms with Crippen LogP contribution in [0.3, 0.4) is 0 Å². The van der Waals surface area contributed by atoms with Gasteiger partial charge in [0.2, 0.25) is 0 Å². The second-order valence-corrected chi connectivity index (χ2v) is 11.2. The van der Waals surface area contributed by atoms with Crippen LogP contribution in [0.4, 0.5) is 0 Å². The Kier molecular flexibility index (Phi) is 3.47. The highest BCUT2D eigenvalue weighted by Crippen LogP contribution is 2.81. The van der Waals surface area contributed by atoms with Crippen molar-refractivity contribution < 1.29 is 14.2 Å². The predicted octanol–water partition coefficient (Wildman–Crippen LogP) is 3.87. The lowest BCUT2D eigenvalue weighted by atomic mass is 9.41. The summed E-state index contributed by atoms with van der Waals surface area (Å²) < 4.78 is 19.7. The normalized spacial score (nSPS) is 43.5. The fraction of sp³-hybridized carbons (Fsp3) is 0.483. The minimum Gasteiger partial charge on any atom is -0.485 e. The number of likely N-dealkylation sites (tertiary alicyclic amines) is 1. The van der Waals surface area contributed by atoms with Gasteiger partial charge in [-0.25, -0.2) is 0 Å². The molecule has 0 radical (unpaired) electrons. The van der Waals surface area contributed by atoms with Crippen LogP contribution >= 0.6 is 0 Å². The lowest BCUT2D eigenvalue weighted by Crippen LogP contribution is -2.75. The van der Waals surface area contributed by atoms with E-state index >= 15 is 0 Å². The second kappa shape index (κ2) is 6.05. The van der Waals surface area contributed by atoms with Crippen LogP contribution in [0.15, 0.2) is 54.6 Å². The quantitative estimate of drug-likeness (QED) is 0.660. The molecule has 0 amide bonds. The number of methoxy groups -OCH3 is 1. The van der Waals surface area contributed by atoms with Gasteiger partial charge in [-0.3, -0.25) is 0 Å². The Balaban J connectivity index is 1.35. The van der Waals surface area contributed by atoms with Gasteiger partial charge in [0.05, 0.1) is 17.4 Å². The van der Waals surface area contributed by atoms with Crippen LogP contribution in [0.1, 0.15) is 23.1 Å². The smallest absolute Gasteiger partial charge is 0.166 e. The predicted molar refractivity (Wildman–Crippen MR) is 125 cm³/mol. The van der Waals surface area contributed by atoms with Crippen LogP contribution in [-0.2, 0) is 23.2 Å². The first kappa shape index (κ1) is 19.5. The van der Waals surface area contributed by atoms with Crippen LogP contribution in [-0.4, -0.2) is 43.3 Å². The molecule has 2 spiro atoms. The molecule has 5 nitrogen and oxygen atoms in total.